The van der Waals surface area contributed by atoms with E-state index in [4.69, 9.17) is 4.74 Å². The smallest absolute Gasteiger partial charge is 0.262 e. The fourth-order valence-electron chi connectivity index (χ4n) is 2.78. The number of para-hydroxylation sites is 1. The Kier molecular flexibility index (Phi) is 4.61. The minimum absolute atomic E-state index is 0.278. The average Bonchev–Trinajstić information content (AvgIpc) is 2.72. The highest BCUT2D eigenvalue weighted by molar-refractivity contribution is 5.78. The first-order valence-corrected chi connectivity index (χ1v) is 8.81. The number of ether oxygens (including phenoxy) is 1. The van der Waals surface area contributed by atoms with Gasteiger partial charge in [-0.2, -0.15) is 0 Å². The topological polar surface area (TPSA) is 80.8 Å². The number of nitrogens with zero attached hydrogens (tertiary/aromatic N) is 3. The molecule has 0 radical (unpaired) electrons. The first-order chi connectivity index (χ1) is 13.3. The number of benzene rings is 2. The van der Waals surface area contributed by atoms with Crippen molar-refractivity contribution in [2.24, 2.45) is 0 Å². The Balaban J connectivity index is 1.85. The van der Waals surface area contributed by atoms with Crippen molar-refractivity contribution >= 4 is 11.0 Å². The minimum Gasteiger partial charge on any atom is -0.493 e. The van der Waals surface area contributed by atoms with Gasteiger partial charge >= 0.3 is 0 Å². The molecule has 0 bridgehead atoms. The molecule has 0 saturated carbocycles. The zero-order chi connectivity index (χ0) is 18.6. The van der Waals surface area contributed by atoms with Crippen LogP contribution in [0, 0.1) is 0 Å². The molecule has 4 aromatic rings. The number of rotatable bonds is 5. The van der Waals surface area contributed by atoms with Gasteiger partial charge in [0.2, 0.25) is 0 Å². The van der Waals surface area contributed by atoms with Crippen LogP contribution in [0.4, 0.5) is 0 Å². The molecular formula is C21H18N4O2. The van der Waals surface area contributed by atoms with Gasteiger partial charge in [0.15, 0.2) is 11.5 Å². The van der Waals surface area contributed by atoms with Crippen LogP contribution in [0.3, 0.4) is 0 Å². The molecule has 0 fully saturated rings. The molecular weight excluding hydrogens is 340 g/mol. The van der Waals surface area contributed by atoms with Crippen LogP contribution in [-0.4, -0.2) is 26.5 Å². The Morgan fingerprint density at radius 2 is 1.78 bits per heavy atom. The van der Waals surface area contributed by atoms with E-state index >= 15 is 0 Å². The van der Waals surface area contributed by atoms with E-state index in [9.17, 15) is 4.79 Å². The van der Waals surface area contributed by atoms with Crippen LogP contribution in [0.25, 0.3) is 33.8 Å². The van der Waals surface area contributed by atoms with Crippen molar-refractivity contribution in [1.29, 1.82) is 0 Å². The van der Waals surface area contributed by atoms with E-state index in [0.29, 0.717) is 35.0 Å². The summed E-state index contributed by atoms with van der Waals surface area (Å²) in [5.74, 6) is 1.64. The fraction of sp³-hybridized carbons (Fsp3) is 0.143. The summed E-state index contributed by atoms with van der Waals surface area (Å²) in [6, 6.07) is 17.1. The number of aromatic nitrogens is 4. The Labute approximate surface area is 155 Å². The SMILES string of the molecule is CCCOc1ccccc1-c1nc2nc(-c3ccccc3)ncc2c(=O)[nH]1. The summed E-state index contributed by atoms with van der Waals surface area (Å²) in [6.45, 7) is 2.63. The lowest BCUT2D eigenvalue weighted by Crippen LogP contribution is -2.12. The lowest BCUT2D eigenvalue weighted by molar-refractivity contribution is 0.318. The standard InChI is InChI=1S/C21H18N4O2/c1-2-12-27-17-11-7-6-10-15(17)19-24-20-16(21(26)25-19)13-22-18(23-20)14-8-4-3-5-9-14/h3-11,13H,2,12H2,1H3,(H,22,23,24,25,26). The van der Waals surface area contributed by atoms with E-state index in [1.807, 2.05) is 61.5 Å². The predicted octanol–water partition coefficient (Wildman–Crippen LogP) is 3.84. The Morgan fingerprint density at radius 1 is 1.00 bits per heavy atom. The van der Waals surface area contributed by atoms with Gasteiger partial charge in [0.25, 0.3) is 5.56 Å². The van der Waals surface area contributed by atoms with E-state index in [1.54, 1.807) is 0 Å². The van der Waals surface area contributed by atoms with Crippen molar-refractivity contribution in [3.05, 3.63) is 71.1 Å². The maximum atomic E-state index is 12.5. The molecule has 134 valence electrons. The van der Waals surface area contributed by atoms with Gasteiger partial charge in [0, 0.05) is 11.8 Å². The number of fused-ring (bicyclic) bond motifs is 1. The summed E-state index contributed by atoms with van der Waals surface area (Å²) in [5, 5.41) is 0.352. The number of hydrogen-bond donors (Lipinski definition) is 1. The normalized spacial score (nSPS) is 10.9. The van der Waals surface area contributed by atoms with E-state index in [0.717, 1.165) is 17.5 Å². The highest BCUT2D eigenvalue weighted by atomic mass is 16.5. The van der Waals surface area contributed by atoms with Crippen LogP contribution in [0.5, 0.6) is 5.75 Å². The molecule has 0 aliphatic rings. The third kappa shape index (κ3) is 3.42. The molecule has 0 saturated heterocycles. The summed E-state index contributed by atoms with van der Waals surface area (Å²) in [6.07, 6.45) is 2.41. The molecule has 0 spiro atoms. The Morgan fingerprint density at radius 3 is 2.59 bits per heavy atom. The number of aromatic amines is 1. The molecule has 6 heteroatoms. The highest BCUT2D eigenvalue weighted by Gasteiger charge is 2.13. The van der Waals surface area contributed by atoms with Gasteiger partial charge in [-0.25, -0.2) is 15.0 Å². The van der Waals surface area contributed by atoms with Crippen molar-refractivity contribution in [3.63, 3.8) is 0 Å². The van der Waals surface area contributed by atoms with Crippen LogP contribution in [0.15, 0.2) is 65.6 Å². The molecule has 0 aliphatic carbocycles. The molecule has 2 heterocycles. The van der Waals surface area contributed by atoms with Crippen LogP contribution < -0.4 is 10.3 Å². The number of nitrogens with one attached hydrogen (secondary N) is 1. The first kappa shape index (κ1) is 16.9. The van der Waals surface area contributed by atoms with Gasteiger partial charge in [-0.05, 0) is 18.6 Å². The van der Waals surface area contributed by atoms with Gasteiger partial charge in [-0.1, -0.05) is 49.4 Å². The highest BCUT2D eigenvalue weighted by Crippen LogP contribution is 2.27. The van der Waals surface area contributed by atoms with Gasteiger partial charge in [0.05, 0.1) is 12.2 Å². The minimum atomic E-state index is -0.278. The molecule has 0 aliphatic heterocycles. The first-order valence-electron chi connectivity index (χ1n) is 8.81. The van der Waals surface area contributed by atoms with Crippen LogP contribution >= 0.6 is 0 Å². The summed E-state index contributed by atoms with van der Waals surface area (Å²) in [4.78, 5) is 28.7. The fourth-order valence-corrected chi connectivity index (χ4v) is 2.78. The molecule has 2 aromatic heterocycles. The maximum Gasteiger partial charge on any atom is 0.262 e. The van der Waals surface area contributed by atoms with Gasteiger partial charge in [-0.15, -0.1) is 0 Å². The second-order valence-electron chi connectivity index (χ2n) is 6.06. The zero-order valence-corrected chi connectivity index (χ0v) is 14.8. The molecule has 0 amide bonds. The van der Waals surface area contributed by atoms with E-state index in [1.165, 1.54) is 6.20 Å². The predicted molar refractivity (Wildman–Crippen MR) is 105 cm³/mol. The summed E-state index contributed by atoms with van der Waals surface area (Å²) in [5.41, 5.74) is 1.67. The molecule has 2 aromatic carbocycles. The summed E-state index contributed by atoms with van der Waals surface area (Å²) >= 11 is 0. The molecule has 1 N–H and O–H groups in total. The van der Waals surface area contributed by atoms with E-state index in [-0.39, 0.29) is 5.56 Å². The Bertz CT molecular complexity index is 1140. The van der Waals surface area contributed by atoms with E-state index < -0.39 is 0 Å². The third-order valence-electron chi connectivity index (χ3n) is 4.10. The molecule has 27 heavy (non-hydrogen) atoms. The molecule has 0 unspecified atom stereocenters. The zero-order valence-electron chi connectivity index (χ0n) is 14.8. The van der Waals surface area contributed by atoms with Crippen LogP contribution in [0.1, 0.15) is 13.3 Å². The lowest BCUT2D eigenvalue weighted by Gasteiger charge is -2.10. The quantitative estimate of drug-likeness (QED) is 0.586. The third-order valence-corrected chi connectivity index (χ3v) is 4.10. The number of H-pyrrole nitrogens is 1. The van der Waals surface area contributed by atoms with Crippen molar-refractivity contribution in [2.75, 3.05) is 6.61 Å². The average molecular weight is 358 g/mol. The number of hydrogen-bond acceptors (Lipinski definition) is 5. The second-order valence-corrected chi connectivity index (χ2v) is 6.06. The van der Waals surface area contributed by atoms with Gasteiger partial charge in [-0.3, -0.25) is 4.79 Å². The summed E-state index contributed by atoms with van der Waals surface area (Å²) < 4.78 is 5.79. The van der Waals surface area contributed by atoms with Gasteiger partial charge in [0.1, 0.15) is 17.0 Å². The molecule has 6 nitrogen and oxygen atoms in total. The van der Waals surface area contributed by atoms with Crippen LogP contribution in [0.2, 0.25) is 0 Å². The molecule has 4 rings (SSSR count). The van der Waals surface area contributed by atoms with E-state index in [2.05, 4.69) is 19.9 Å². The van der Waals surface area contributed by atoms with Crippen molar-refractivity contribution in [3.8, 4) is 28.5 Å². The van der Waals surface area contributed by atoms with Crippen molar-refractivity contribution in [2.45, 2.75) is 13.3 Å². The second kappa shape index (κ2) is 7.37. The Hall–Kier alpha value is -3.54. The van der Waals surface area contributed by atoms with Crippen LogP contribution in [-0.2, 0) is 0 Å². The van der Waals surface area contributed by atoms with Crippen molar-refractivity contribution < 1.29 is 4.74 Å². The largest absolute Gasteiger partial charge is 0.493 e. The molecule has 0 atom stereocenters. The summed E-state index contributed by atoms with van der Waals surface area (Å²) in [7, 11) is 0. The van der Waals surface area contributed by atoms with Gasteiger partial charge < -0.3 is 9.72 Å². The monoisotopic (exact) mass is 358 g/mol. The maximum absolute atomic E-state index is 12.5. The van der Waals surface area contributed by atoms with Crippen molar-refractivity contribution in [1.82, 2.24) is 19.9 Å². The lowest BCUT2D eigenvalue weighted by atomic mass is 10.2.